The van der Waals surface area contributed by atoms with Gasteiger partial charge in [0.05, 0.1) is 4.90 Å². The third-order valence-corrected chi connectivity index (χ3v) is 5.96. The Labute approximate surface area is 127 Å². The molecule has 3 N–H and O–H groups in total. The third-order valence-electron chi connectivity index (χ3n) is 4.54. The van der Waals surface area contributed by atoms with Crippen LogP contribution in [0, 0.1) is 0 Å². The van der Waals surface area contributed by atoms with E-state index in [1.54, 1.807) is 24.3 Å². The van der Waals surface area contributed by atoms with Gasteiger partial charge in [-0.1, -0.05) is 25.0 Å². The zero-order chi connectivity index (χ0) is 15.5. The van der Waals surface area contributed by atoms with Gasteiger partial charge in [-0.25, -0.2) is 13.1 Å². The Bertz CT molecular complexity index is 561. The molecule has 0 heterocycles. The second-order valence-electron chi connectivity index (χ2n) is 6.00. The molecule has 0 radical (unpaired) electrons. The van der Waals surface area contributed by atoms with Crippen molar-refractivity contribution in [1.82, 2.24) is 9.62 Å². The van der Waals surface area contributed by atoms with Gasteiger partial charge in [0.2, 0.25) is 10.0 Å². The van der Waals surface area contributed by atoms with Crippen LogP contribution in [0.15, 0.2) is 29.2 Å². The molecule has 0 unspecified atom stereocenters. The van der Waals surface area contributed by atoms with Crippen molar-refractivity contribution in [3.05, 3.63) is 29.8 Å². The lowest BCUT2D eigenvalue weighted by molar-refractivity contribution is 0.162. The first-order chi connectivity index (χ1) is 9.89. The average molecular weight is 311 g/mol. The molecule has 6 heteroatoms. The second-order valence-corrected chi connectivity index (χ2v) is 7.77. The fourth-order valence-corrected chi connectivity index (χ4v) is 4.05. The van der Waals surface area contributed by atoms with Crippen LogP contribution in [0.1, 0.15) is 31.2 Å². The predicted octanol–water partition coefficient (Wildman–Crippen LogP) is 1.30. The summed E-state index contributed by atoms with van der Waals surface area (Å²) < 4.78 is 27.6. The van der Waals surface area contributed by atoms with E-state index in [0.29, 0.717) is 18.0 Å². The summed E-state index contributed by atoms with van der Waals surface area (Å²) in [5.41, 5.74) is 6.40. The first-order valence-electron chi connectivity index (χ1n) is 7.36. The van der Waals surface area contributed by atoms with Crippen molar-refractivity contribution < 1.29 is 8.42 Å². The highest BCUT2D eigenvalue weighted by Gasteiger charge is 2.36. The van der Waals surface area contributed by atoms with Crippen LogP contribution in [0.2, 0.25) is 0 Å². The summed E-state index contributed by atoms with van der Waals surface area (Å²) in [6.07, 6.45) is 4.39. The maximum Gasteiger partial charge on any atom is 0.240 e. The van der Waals surface area contributed by atoms with Crippen LogP contribution in [0.3, 0.4) is 0 Å². The van der Waals surface area contributed by atoms with Gasteiger partial charge in [0.15, 0.2) is 0 Å². The average Bonchev–Trinajstić information content (AvgIpc) is 2.96. The van der Waals surface area contributed by atoms with Crippen LogP contribution < -0.4 is 10.5 Å². The Morgan fingerprint density at radius 3 is 2.24 bits per heavy atom. The molecule has 1 aliphatic carbocycles. The SMILES string of the molecule is CN(C)C1(CNS(=O)(=O)c2ccc(CN)cc2)CCCC1. The summed E-state index contributed by atoms with van der Waals surface area (Å²) in [4.78, 5) is 2.45. The zero-order valence-corrected chi connectivity index (χ0v) is 13.6. The molecule has 0 atom stereocenters. The molecule has 0 aliphatic heterocycles. The van der Waals surface area contributed by atoms with Crippen LogP contribution >= 0.6 is 0 Å². The van der Waals surface area contributed by atoms with E-state index in [2.05, 4.69) is 9.62 Å². The molecule has 1 aromatic rings. The summed E-state index contributed by atoms with van der Waals surface area (Å²) in [5.74, 6) is 0. The Hall–Kier alpha value is -0.950. The lowest BCUT2D eigenvalue weighted by Gasteiger charge is -2.36. The third kappa shape index (κ3) is 3.63. The van der Waals surface area contributed by atoms with Crippen molar-refractivity contribution in [2.75, 3.05) is 20.6 Å². The maximum atomic E-state index is 12.4. The zero-order valence-electron chi connectivity index (χ0n) is 12.8. The van der Waals surface area contributed by atoms with E-state index in [0.717, 1.165) is 31.2 Å². The highest BCUT2D eigenvalue weighted by molar-refractivity contribution is 7.89. The van der Waals surface area contributed by atoms with Gasteiger partial charge in [-0.3, -0.25) is 0 Å². The van der Waals surface area contributed by atoms with Crippen LogP contribution in [0.25, 0.3) is 0 Å². The van der Waals surface area contributed by atoms with Gasteiger partial charge >= 0.3 is 0 Å². The fourth-order valence-electron chi connectivity index (χ4n) is 2.93. The molecule has 0 aromatic heterocycles. The molecular formula is C15H25N3O2S. The highest BCUT2D eigenvalue weighted by Crippen LogP contribution is 2.33. The van der Waals surface area contributed by atoms with E-state index in [4.69, 9.17) is 5.73 Å². The molecule has 1 aliphatic rings. The molecule has 1 aromatic carbocycles. The van der Waals surface area contributed by atoms with E-state index in [9.17, 15) is 8.42 Å². The monoisotopic (exact) mass is 311 g/mol. The van der Waals surface area contributed by atoms with Gasteiger partial charge in [-0.15, -0.1) is 0 Å². The van der Waals surface area contributed by atoms with E-state index in [1.807, 2.05) is 14.1 Å². The van der Waals surface area contributed by atoms with Crippen LogP contribution in [-0.4, -0.2) is 39.5 Å². The van der Waals surface area contributed by atoms with E-state index in [1.165, 1.54) is 0 Å². The van der Waals surface area contributed by atoms with Gasteiger partial charge < -0.3 is 10.6 Å². The number of hydrogen-bond donors (Lipinski definition) is 2. The maximum absolute atomic E-state index is 12.4. The number of rotatable bonds is 6. The molecule has 118 valence electrons. The molecule has 5 nitrogen and oxygen atoms in total. The fraction of sp³-hybridized carbons (Fsp3) is 0.600. The van der Waals surface area contributed by atoms with Crippen molar-refractivity contribution in [3.63, 3.8) is 0 Å². The van der Waals surface area contributed by atoms with Gasteiger partial charge in [0.1, 0.15) is 0 Å². The lowest BCUT2D eigenvalue weighted by atomic mass is 9.97. The van der Waals surface area contributed by atoms with Crippen molar-refractivity contribution >= 4 is 10.0 Å². The molecule has 1 saturated carbocycles. The number of likely N-dealkylation sites (N-methyl/N-ethyl adjacent to an activating group) is 1. The summed E-state index contributed by atoms with van der Waals surface area (Å²) in [6, 6.07) is 6.74. The number of nitrogens with one attached hydrogen (secondary N) is 1. The van der Waals surface area contributed by atoms with Crippen LogP contribution in [-0.2, 0) is 16.6 Å². The second kappa shape index (κ2) is 6.44. The minimum atomic E-state index is -3.46. The van der Waals surface area contributed by atoms with Gasteiger partial charge in [-0.05, 0) is 44.6 Å². The van der Waals surface area contributed by atoms with Crippen LogP contribution in [0.5, 0.6) is 0 Å². The smallest absolute Gasteiger partial charge is 0.240 e. The summed E-state index contributed by atoms with van der Waals surface area (Å²) in [5, 5.41) is 0. The highest BCUT2D eigenvalue weighted by atomic mass is 32.2. The van der Waals surface area contributed by atoms with Crippen molar-refractivity contribution in [1.29, 1.82) is 0 Å². The van der Waals surface area contributed by atoms with Crippen LogP contribution in [0.4, 0.5) is 0 Å². The van der Waals surface area contributed by atoms with Crippen molar-refractivity contribution in [2.45, 2.75) is 42.7 Å². The summed E-state index contributed by atoms with van der Waals surface area (Å²) >= 11 is 0. The Kier molecular flexibility index (Phi) is 5.03. The largest absolute Gasteiger partial charge is 0.326 e. The molecule has 21 heavy (non-hydrogen) atoms. The molecule has 0 spiro atoms. The first-order valence-corrected chi connectivity index (χ1v) is 8.84. The lowest BCUT2D eigenvalue weighted by Crippen LogP contribution is -2.50. The minimum Gasteiger partial charge on any atom is -0.326 e. The predicted molar refractivity (Wildman–Crippen MR) is 84.4 cm³/mol. The number of sulfonamides is 1. The molecule has 1 fully saturated rings. The van der Waals surface area contributed by atoms with E-state index < -0.39 is 10.0 Å². The number of nitrogens with two attached hydrogens (primary N) is 1. The Balaban J connectivity index is 2.10. The molecule has 0 bridgehead atoms. The van der Waals surface area contributed by atoms with Gasteiger partial charge in [0, 0.05) is 18.6 Å². The molecule has 0 saturated heterocycles. The number of nitrogens with zero attached hydrogens (tertiary/aromatic N) is 1. The van der Waals surface area contributed by atoms with E-state index in [-0.39, 0.29) is 5.54 Å². The summed E-state index contributed by atoms with van der Waals surface area (Å²) in [6.45, 7) is 0.873. The first kappa shape index (κ1) is 16.4. The van der Waals surface area contributed by atoms with Crippen molar-refractivity contribution in [3.8, 4) is 0 Å². The molecule has 2 rings (SSSR count). The minimum absolute atomic E-state index is 0.0513. The standard InChI is InChI=1S/C15H25N3O2S/c1-18(2)15(9-3-4-10-15)12-17-21(19,20)14-7-5-13(11-16)6-8-14/h5-8,17H,3-4,9-12,16H2,1-2H3. The topological polar surface area (TPSA) is 75.4 Å². The van der Waals surface area contributed by atoms with Gasteiger partial charge in [0.25, 0.3) is 0 Å². The molecular weight excluding hydrogens is 286 g/mol. The summed E-state index contributed by atoms with van der Waals surface area (Å²) in [7, 11) is 0.585. The van der Waals surface area contributed by atoms with Gasteiger partial charge in [-0.2, -0.15) is 0 Å². The Morgan fingerprint density at radius 2 is 1.76 bits per heavy atom. The van der Waals surface area contributed by atoms with Crippen molar-refractivity contribution in [2.24, 2.45) is 5.73 Å². The molecule has 0 amide bonds. The van der Waals surface area contributed by atoms with E-state index >= 15 is 0 Å². The normalized spacial score (nSPS) is 18.3. The number of benzene rings is 1. The number of hydrogen-bond acceptors (Lipinski definition) is 4. The quantitative estimate of drug-likeness (QED) is 0.830. The Morgan fingerprint density at radius 1 is 1.19 bits per heavy atom.